The second-order valence-corrected chi connectivity index (χ2v) is 1.64. The van der Waals surface area contributed by atoms with Crippen molar-refractivity contribution < 1.29 is 18.7 Å². The zero-order valence-electron chi connectivity index (χ0n) is 6.59. The van der Waals surface area contributed by atoms with Crippen LogP contribution in [0.15, 0.2) is 12.1 Å². The molecule has 4 heteroatoms. The van der Waals surface area contributed by atoms with Crippen LogP contribution in [-0.4, -0.2) is 19.2 Å². The van der Waals surface area contributed by atoms with Gasteiger partial charge in [-0.15, -0.1) is 0 Å². The molecule has 0 atom stereocenters. The van der Waals surface area contributed by atoms with Crippen LogP contribution in [0, 0.1) is 0 Å². The number of hydrogen-bond acceptors (Lipinski definition) is 3. The first-order chi connectivity index (χ1) is 5.22. The molecule has 0 amide bonds. The number of ether oxygens (including phenoxy) is 2. The molecule has 0 heterocycles. The molecule has 0 fully saturated rings. The number of carbonyl (C=O) groups excluding carboxylic acids is 1. The Hall–Kier alpha value is -1.06. The normalized spacial score (nSPS) is 11.0. The van der Waals surface area contributed by atoms with Crippen LogP contribution in [0.4, 0.5) is 4.39 Å². The smallest absolute Gasteiger partial charge is 0.370 e. The Morgan fingerprint density at radius 1 is 1.45 bits per heavy atom. The Morgan fingerprint density at radius 2 is 2.09 bits per heavy atom. The zero-order chi connectivity index (χ0) is 8.69. The Labute approximate surface area is 64.8 Å². The van der Waals surface area contributed by atoms with Gasteiger partial charge in [0.15, 0.2) is 0 Å². The molecule has 0 aliphatic carbocycles. The first-order valence-corrected chi connectivity index (χ1v) is 3.36. The van der Waals surface area contributed by atoms with Crippen LogP contribution in [-0.2, 0) is 14.3 Å². The van der Waals surface area contributed by atoms with Crippen molar-refractivity contribution >= 4 is 5.97 Å². The zero-order valence-corrected chi connectivity index (χ0v) is 6.59. The molecule has 0 aliphatic heterocycles. The van der Waals surface area contributed by atoms with E-state index in [4.69, 9.17) is 0 Å². The van der Waals surface area contributed by atoms with Crippen LogP contribution in [0.3, 0.4) is 0 Å². The van der Waals surface area contributed by atoms with E-state index in [2.05, 4.69) is 9.47 Å². The van der Waals surface area contributed by atoms with Gasteiger partial charge in [0.1, 0.15) is 6.26 Å². The van der Waals surface area contributed by atoms with E-state index in [-0.39, 0.29) is 6.61 Å². The lowest BCUT2D eigenvalue weighted by atomic mass is 10.6. The summed E-state index contributed by atoms with van der Waals surface area (Å²) >= 11 is 0. The van der Waals surface area contributed by atoms with E-state index in [9.17, 15) is 9.18 Å². The van der Waals surface area contributed by atoms with Crippen molar-refractivity contribution in [3.63, 3.8) is 0 Å². The SMILES string of the molecule is CCO/C=C(\F)C(=O)OCC. The Balaban J connectivity index is 3.80. The fourth-order valence-corrected chi connectivity index (χ4v) is 0.405. The van der Waals surface area contributed by atoms with E-state index in [0.717, 1.165) is 6.26 Å². The van der Waals surface area contributed by atoms with Gasteiger partial charge >= 0.3 is 5.97 Å². The van der Waals surface area contributed by atoms with Crippen LogP contribution in [0.1, 0.15) is 13.8 Å². The molecule has 0 bridgehead atoms. The fourth-order valence-electron chi connectivity index (χ4n) is 0.405. The fraction of sp³-hybridized carbons (Fsp3) is 0.571. The third kappa shape index (κ3) is 4.36. The lowest BCUT2D eigenvalue weighted by molar-refractivity contribution is -0.140. The Bertz CT molecular complexity index is 154. The summed E-state index contributed by atoms with van der Waals surface area (Å²) in [5.41, 5.74) is 0. The summed E-state index contributed by atoms with van der Waals surface area (Å²) < 4.78 is 21.3. The summed E-state index contributed by atoms with van der Waals surface area (Å²) in [5, 5.41) is 0. The maximum absolute atomic E-state index is 12.4. The standard InChI is InChI=1S/C7H11FO3/c1-3-10-5-6(8)7(9)11-4-2/h5H,3-4H2,1-2H3/b6-5-. The second kappa shape index (κ2) is 5.70. The quantitative estimate of drug-likeness (QED) is 0.356. The van der Waals surface area contributed by atoms with E-state index in [1.165, 1.54) is 0 Å². The molecule has 0 aromatic carbocycles. The molecule has 0 saturated carbocycles. The highest BCUT2D eigenvalue weighted by molar-refractivity contribution is 5.85. The Morgan fingerprint density at radius 3 is 2.55 bits per heavy atom. The molecule has 0 saturated heterocycles. The van der Waals surface area contributed by atoms with Crippen molar-refractivity contribution in [3.8, 4) is 0 Å². The molecule has 64 valence electrons. The molecule has 0 N–H and O–H groups in total. The highest BCUT2D eigenvalue weighted by atomic mass is 19.1. The number of rotatable bonds is 4. The summed E-state index contributed by atoms with van der Waals surface area (Å²) in [5.74, 6) is -1.99. The summed E-state index contributed by atoms with van der Waals surface area (Å²) in [7, 11) is 0. The predicted octanol–water partition coefficient (Wildman–Crippen LogP) is 1.40. The maximum Gasteiger partial charge on any atom is 0.370 e. The molecule has 0 unspecified atom stereocenters. The van der Waals surface area contributed by atoms with Crippen molar-refractivity contribution in [2.75, 3.05) is 13.2 Å². The van der Waals surface area contributed by atoms with Crippen LogP contribution in [0.25, 0.3) is 0 Å². The summed E-state index contributed by atoms with van der Waals surface area (Å²) in [6, 6.07) is 0. The van der Waals surface area contributed by atoms with Gasteiger partial charge in [0, 0.05) is 0 Å². The molecule has 11 heavy (non-hydrogen) atoms. The first kappa shape index (κ1) is 9.94. The van der Waals surface area contributed by atoms with E-state index in [1.54, 1.807) is 13.8 Å². The molecule has 3 nitrogen and oxygen atoms in total. The Kier molecular flexibility index (Phi) is 5.15. The topological polar surface area (TPSA) is 35.5 Å². The minimum absolute atomic E-state index is 0.159. The third-order valence-corrected chi connectivity index (χ3v) is 0.824. The van der Waals surface area contributed by atoms with Crippen LogP contribution >= 0.6 is 0 Å². The summed E-state index contributed by atoms with van der Waals surface area (Å²) in [6.45, 7) is 3.78. The largest absolute Gasteiger partial charge is 0.498 e. The molecule has 0 spiro atoms. The molecule has 0 aromatic heterocycles. The number of esters is 1. The van der Waals surface area contributed by atoms with Crippen LogP contribution in [0.2, 0.25) is 0 Å². The van der Waals surface area contributed by atoms with Gasteiger partial charge in [-0.1, -0.05) is 0 Å². The highest BCUT2D eigenvalue weighted by Gasteiger charge is 2.08. The summed E-state index contributed by atoms with van der Waals surface area (Å²) in [4.78, 5) is 10.5. The average Bonchev–Trinajstić information content (AvgIpc) is 2.00. The van der Waals surface area contributed by atoms with E-state index >= 15 is 0 Å². The molecule has 0 radical (unpaired) electrons. The number of hydrogen-bond donors (Lipinski definition) is 0. The highest BCUT2D eigenvalue weighted by Crippen LogP contribution is 1.99. The van der Waals surface area contributed by atoms with Crippen molar-refractivity contribution in [2.45, 2.75) is 13.8 Å². The number of halogens is 1. The number of carbonyl (C=O) groups is 1. The van der Waals surface area contributed by atoms with Gasteiger partial charge in [-0.05, 0) is 13.8 Å². The second-order valence-electron chi connectivity index (χ2n) is 1.64. The first-order valence-electron chi connectivity index (χ1n) is 3.36. The van der Waals surface area contributed by atoms with Gasteiger partial charge < -0.3 is 9.47 Å². The van der Waals surface area contributed by atoms with Crippen LogP contribution < -0.4 is 0 Å². The van der Waals surface area contributed by atoms with Crippen molar-refractivity contribution in [3.05, 3.63) is 12.1 Å². The third-order valence-electron chi connectivity index (χ3n) is 0.824. The van der Waals surface area contributed by atoms with Crippen molar-refractivity contribution in [1.82, 2.24) is 0 Å². The van der Waals surface area contributed by atoms with Gasteiger partial charge in [0.2, 0.25) is 5.83 Å². The van der Waals surface area contributed by atoms with Crippen molar-refractivity contribution in [1.29, 1.82) is 0 Å². The minimum atomic E-state index is -1.01. The van der Waals surface area contributed by atoms with Gasteiger partial charge in [-0.3, -0.25) is 0 Å². The maximum atomic E-state index is 12.4. The average molecular weight is 162 g/mol. The lowest BCUT2D eigenvalue weighted by Crippen LogP contribution is -2.04. The molecule has 0 aliphatic rings. The van der Waals surface area contributed by atoms with E-state index in [1.807, 2.05) is 0 Å². The summed E-state index contributed by atoms with van der Waals surface area (Å²) in [6.07, 6.45) is 0.748. The molecule has 0 rings (SSSR count). The monoisotopic (exact) mass is 162 g/mol. The van der Waals surface area contributed by atoms with Gasteiger partial charge in [0.25, 0.3) is 0 Å². The van der Waals surface area contributed by atoms with E-state index < -0.39 is 11.8 Å². The van der Waals surface area contributed by atoms with E-state index in [0.29, 0.717) is 6.61 Å². The van der Waals surface area contributed by atoms with Gasteiger partial charge in [-0.2, -0.15) is 4.39 Å². The molecular weight excluding hydrogens is 151 g/mol. The minimum Gasteiger partial charge on any atom is -0.498 e. The molecule has 0 aromatic rings. The van der Waals surface area contributed by atoms with Gasteiger partial charge in [-0.25, -0.2) is 4.79 Å². The van der Waals surface area contributed by atoms with Gasteiger partial charge in [0.05, 0.1) is 13.2 Å². The molecular formula is C7H11FO3. The van der Waals surface area contributed by atoms with Crippen LogP contribution in [0.5, 0.6) is 0 Å². The predicted molar refractivity (Wildman–Crippen MR) is 37.5 cm³/mol. The van der Waals surface area contributed by atoms with Crippen molar-refractivity contribution in [2.24, 2.45) is 0 Å². The lowest BCUT2D eigenvalue weighted by Gasteiger charge is -1.98.